The Kier molecular flexibility index (Phi) is 5.06. The van der Waals surface area contributed by atoms with Gasteiger partial charge in [-0.05, 0) is 14.0 Å². The molecule has 1 amide bonds. The Bertz CT molecular complexity index is 194. The standard InChI is InChI=1S/C8H16N2O3/c1-6(9-2)8(12)10(3)5-7(11)13-4/h6,9H,5H2,1-4H3. The minimum atomic E-state index is -0.417. The lowest BCUT2D eigenvalue weighted by Crippen LogP contribution is -2.43. The fourth-order valence-electron chi connectivity index (χ4n) is 0.790. The van der Waals surface area contributed by atoms with Gasteiger partial charge >= 0.3 is 5.97 Å². The topological polar surface area (TPSA) is 58.6 Å². The number of carbonyl (C=O) groups is 2. The molecule has 0 aromatic carbocycles. The first-order chi connectivity index (χ1) is 6.02. The summed E-state index contributed by atoms with van der Waals surface area (Å²) in [6.45, 7) is 1.72. The predicted molar refractivity (Wildman–Crippen MR) is 48.2 cm³/mol. The van der Waals surface area contributed by atoms with Crippen LogP contribution in [0, 0.1) is 0 Å². The molecule has 5 nitrogen and oxygen atoms in total. The summed E-state index contributed by atoms with van der Waals surface area (Å²) in [5, 5.41) is 2.79. The van der Waals surface area contributed by atoms with E-state index in [2.05, 4.69) is 10.1 Å². The van der Waals surface area contributed by atoms with Crippen LogP contribution in [-0.4, -0.2) is 50.6 Å². The highest BCUT2D eigenvalue weighted by Gasteiger charge is 2.17. The number of nitrogens with zero attached hydrogens (tertiary/aromatic N) is 1. The molecule has 0 aliphatic heterocycles. The zero-order valence-electron chi connectivity index (χ0n) is 8.46. The van der Waals surface area contributed by atoms with Gasteiger partial charge in [-0.15, -0.1) is 0 Å². The highest BCUT2D eigenvalue weighted by molar-refractivity contribution is 5.85. The molecule has 13 heavy (non-hydrogen) atoms. The van der Waals surface area contributed by atoms with E-state index in [9.17, 15) is 9.59 Å². The lowest BCUT2D eigenvalue weighted by atomic mass is 10.3. The number of amides is 1. The third-order valence-corrected chi connectivity index (χ3v) is 1.77. The van der Waals surface area contributed by atoms with Crippen LogP contribution in [0.3, 0.4) is 0 Å². The molecule has 0 saturated carbocycles. The Labute approximate surface area is 78.0 Å². The molecule has 0 aliphatic carbocycles. The molecule has 0 radical (unpaired) electrons. The lowest BCUT2D eigenvalue weighted by Gasteiger charge is -2.19. The zero-order valence-corrected chi connectivity index (χ0v) is 8.46. The van der Waals surface area contributed by atoms with E-state index in [1.807, 2.05) is 0 Å². The number of carbonyl (C=O) groups excluding carboxylic acids is 2. The van der Waals surface area contributed by atoms with Crippen molar-refractivity contribution in [3.63, 3.8) is 0 Å². The van der Waals surface area contributed by atoms with Crippen LogP contribution in [0.4, 0.5) is 0 Å². The first kappa shape index (κ1) is 11.9. The number of esters is 1. The van der Waals surface area contributed by atoms with Gasteiger partial charge in [0.1, 0.15) is 6.54 Å². The Balaban J connectivity index is 4.03. The number of hydrogen-bond donors (Lipinski definition) is 1. The second-order valence-electron chi connectivity index (χ2n) is 2.78. The molecule has 0 aromatic rings. The van der Waals surface area contributed by atoms with E-state index < -0.39 is 5.97 Å². The van der Waals surface area contributed by atoms with Crippen molar-refractivity contribution in [2.45, 2.75) is 13.0 Å². The second-order valence-corrected chi connectivity index (χ2v) is 2.78. The molecule has 1 N–H and O–H groups in total. The molecule has 0 fully saturated rings. The number of methoxy groups -OCH3 is 1. The second kappa shape index (κ2) is 5.53. The van der Waals surface area contributed by atoms with Gasteiger partial charge in [-0.3, -0.25) is 9.59 Å². The van der Waals surface area contributed by atoms with Crippen LogP contribution >= 0.6 is 0 Å². The van der Waals surface area contributed by atoms with Crippen molar-refractivity contribution in [1.29, 1.82) is 0 Å². The molecule has 0 aromatic heterocycles. The predicted octanol–water partition coefficient (Wildman–Crippen LogP) is -0.774. The number of nitrogens with one attached hydrogen (secondary N) is 1. The first-order valence-corrected chi connectivity index (χ1v) is 4.02. The molecule has 5 heteroatoms. The molecule has 76 valence electrons. The van der Waals surface area contributed by atoms with Gasteiger partial charge in [0.15, 0.2) is 0 Å². The lowest BCUT2D eigenvalue weighted by molar-refractivity contribution is -0.146. The average molecular weight is 188 g/mol. The Morgan fingerprint density at radius 1 is 1.54 bits per heavy atom. The fraction of sp³-hybridized carbons (Fsp3) is 0.750. The van der Waals surface area contributed by atoms with Gasteiger partial charge in [0.05, 0.1) is 13.2 Å². The first-order valence-electron chi connectivity index (χ1n) is 4.02. The van der Waals surface area contributed by atoms with E-state index >= 15 is 0 Å². The maximum absolute atomic E-state index is 11.4. The van der Waals surface area contributed by atoms with Crippen molar-refractivity contribution in [3.8, 4) is 0 Å². The Morgan fingerprint density at radius 3 is 2.46 bits per heavy atom. The zero-order chi connectivity index (χ0) is 10.4. The third-order valence-electron chi connectivity index (χ3n) is 1.77. The van der Waals surface area contributed by atoms with E-state index in [0.29, 0.717) is 0 Å². The van der Waals surface area contributed by atoms with E-state index in [4.69, 9.17) is 0 Å². The van der Waals surface area contributed by atoms with Crippen molar-refractivity contribution in [2.24, 2.45) is 0 Å². The van der Waals surface area contributed by atoms with Gasteiger partial charge in [-0.2, -0.15) is 0 Å². The van der Waals surface area contributed by atoms with Crippen molar-refractivity contribution >= 4 is 11.9 Å². The third kappa shape index (κ3) is 3.89. The largest absolute Gasteiger partial charge is 0.468 e. The van der Waals surface area contributed by atoms with Crippen molar-refractivity contribution in [3.05, 3.63) is 0 Å². The van der Waals surface area contributed by atoms with Crippen molar-refractivity contribution in [1.82, 2.24) is 10.2 Å². The molecule has 1 atom stereocenters. The van der Waals surface area contributed by atoms with Gasteiger partial charge in [-0.1, -0.05) is 0 Å². The monoisotopic (exact) mass is 188 g/mol. The maximum atomic E-state index is 11.4. The van der Waals surface area contributed by atoms with E-state index in [1.54, 1.807) is 21.0 Å². The van der Waals surface area contributed by atoms with Crippen molar-refractivity contribution < 1.29 is 14.3 Å². The summed E-state index contributed by atoms with van der Waals surface area (Å²) in [7, 11) is 4.55. The molecule has 0 bridgehead atoms. The fourth-order valence-corrected chi connectivity index (χ4v) is 0.790. The van der Waals surface area contributed by atoms with Gasteiger partial charge < -0.3 is 15.0 Å². The molecule has 1 unspecified atom stereocenters. The summed E-state index contributed by atoms with van der Waals surface area (Å²) in [4.78, 5) is 23.5. The Hall–Kier alpha value is -1.10. The molecule has 0 aliphatic rings. The molecular formula is C8H16N2O3. The molecule has 0 spiro atoms. The van der Waals surface area contributed by atoms with E-state index in [-0.39, 0.29) is 18.5 Å². The SMILES string of the molecule is CNC(C)C(=O)N(C)CC(=O)OC. The van der Waals surface area contributed by atoms with Gasteiger partial charge in [0, 0.05) is 7.05 Å². The van der Waals surface area contributed by atoms with E-state index in [1.165, 1.54) is 12.0 Å². The van der Waals surface area contributed by atoms with Crippen LogP contribution in [0.1, 0.15) is 6.92 Å². The van der Waals surface area contributed by atoms with Crippen LogP contribution in [-0.2, 0) is 14.3 Å². The van der Waals surface area contributed by atoms with Crippen LogP contribution in [0.2, 0.25) is 0 Å². The number of likely N-dealkylation sites (N-methyl/N-ethyl adjacent to an activating group) is 2. The minimum absolute atomic E-state index is 0.0125. The quantitative estimate of drug-likeness (QED) is 0.588. The van der Waals surface area contributed by atoms with Crippen LogP contribution in [0.5, 0.6) is 0 Å². The van der Waals surface area contributed by atoms with Crippen LogP contribution in [0.25, 0.3) is 0 Å². The summed E-state index contributed by atoms with van der Waals surface area (Å²) < 4.78 is 4.43. The van der Waals surface area contributed by atoms with E-state index in [0.717, 1.165) is 0 Å². The highest BCUT2D eigenvalue weighted by atomic mass is 16.5. The summed E-state index contributed by atoms with van der Waals surface area (Å²) in [6, 6.07) is -0.283. The highest BCUT2D eigenvalue weighted by Crippen LogP contribution is 1.91. The summed E-state index contributed by atoms with van der Waals surface area (Å²) in [5.74, 6) is -0.549. The summed E-state index contributed by atoms with van der Waals surface area (Å²) in [5.41, 5.74) is 0. The number of rotatable bonds is 4. The number of hydrogen-bond acceptors (Lipinski definition) is 4. The maximum Gasteiger partial charge on any atom is 0.325 e. The minimum Gasteiger partial charge on any atom is -0.468 e. The molecule has 0 heterocycles. The summed E-state index contributed by atoms with van der Waals surface area (Å²) in [6.07, 6.45) is 0. The average Bonchev–Trinajstić information content (AvgIpc) is 2.14. The number of ether oxygens (including phenoxy) is 1. The van der Waals surface area contributed by atoms with Gasteiger partial charge in [-0.25, -0.2) is 0 Å². The molecular weight excluding hydrogens is 172 g/mol. The smallest absolute Gasteiger partial charge is 0.325 e. The van der Waals surface area contributed by atoms with Crippen molar-refractivity contribution in [2.75, 3.05) is 27.7 Å². The molecule has 0 saturated heterocycles. The molecule has 0 rings (SSSR count). The van der Waals surface area contributed by atoms with Crippen LogP contribution in [0.15, 0.2) is 0 Å². The Morgan fingerprint density at radius 2 is 2.08 bits per heavy atom. The normalized spacial score (nSPS) is 12.0. The van der Waals surface area contributed by atoms with Gasteiger partial charge in [0.2, 0.25) is 5.91 Å². The van der Waals surface area contributed by atoms with Gasteiger partial charge in [0.25, 0.3) is 0 Å². The van der Waals surface area contributed by atoms with Crippen LogP contribution < -0.4 is 5.32 Å². The summed E-state index contributed by atoms with van der Waals surface area (Å²) >= 11 is 0.